The van der Waals surface area contributed by atoms with E-state index in [1.54, 1.807) is 16.7 Å². The lowest BCUT2D eigenvalue weighted by molar-refractivity contribution is -0.116. The maximum absolute atomic E-state index is 12.0. The summed E-state index contributed by atoms with van der Waals surface area (Å²) in [6.07, 6.45) is 6.71. The molecule has 2 fully saturated rings. The molecule has 0 spiro atoms. The second kappa shape index (κ2) is 8.52. The van der Waals surface area contributed by atoms with Gasteiger partial charge in [0.05, 0.1) is 11.9 Å². The highest BCUT2D eigenvalue weighted by Gasteiger charge is 2.47. The van der Waals surface area contributed by atoms with E-state index in [0.29, 0.717) is 31.2 Å². The molecule has 2 unspecified atom stereocenters. The highest BCUT2D eigenvalue weighted by atomic mass is 32.2. The van der Waals surface area contributed by atoms with Crippen LogP contribution >= 0.6 is 0 Å². The first-order valence-corrected chi connectivity index (χ1v) is 13.8. The normalized spacial score (nSPS) is 21.4. The van der Waals surface area contributed by atoms with E-state index in [9.17, 15) is 13.2 Å². The van der Waals surface area contributed by atoms with Crippen LogP contribution in [0.3, 0.4) is 0 Å². The Hall–Kier alpha value is -3.57. The highest BCUT2D eigenvalue weighted by molar-refractivity contribution is 7.88. The molecular weight excluding hydrogens is 478 g/mol. The average Bonchev–Trinajstić information content (AvgIpc) is 3.45. The Bertz CT molecular complexity index is 1480. The van der Waals surface area contributed by atoms with Gasteiger partial charge >= 0.3 is 0 Å². The lowest BCUT2D eigenvalue weighted by atomic mass is 10.0. The molecule has 36 heavy (non-hydrogen) atoms. The molecule has 1 aromatic carbocycles. The topological polar surface area (TPSA) is 120 Å². The van der Waals surface area contributed by atoms with Crippen molar-refractivity contribution in [3.63, 3.8) is 0 Å². The Kier molecular flexibility index (Phi) is 5.41. The van der Waals surface area contributed by atoms with Crippen molar-refractivity contribution in [2.24, 2.45) is 0 Å². The van der Waals surface area contributed by atoms with Gasteiger partial charge in [0.1, 0.15) is 5.82 Å². The molecule has 6 rings (SSSR count). The summed E-state index contributed by atoms with van der Waals surface area (Å²) < 4.78 is 25.7. The molecule has 10 nitrogen and oxygen atoms in total. The third kappa shape index (κ3) is 4.18. The van der Waals surface area contributed by atoms with Gasteiger partial charge in [0.25, 0.3) is 0 Å². The number of piperazine rings is 1. The van der Waals surface area contributed by atoms with E-state index in [-0.39, 0.29) is 18.0 Å². The minimum absolute atomic E-state index is 0.00861. The molecule has 3 aromatic rings. The summed E-state index contributed by atoms with van der Waals surface area (Å²) >= 11 is 0. The van der Waals surface area contributed by atoms with Crippen molar-refractivity contribution in [2.45, 2.75) is 38.3 Å². The Labute approximate surface area is 209 Å². The molecular formula is C25H27N7O3S. The first-order valence-electron chi connectivity index (χ1n) is 12.0. The molecule has 2 saturated heterocycles. The lowest BCUT2D eigenvalue weighted by Gasteiger charge is -2.35. The predicted molar refractivity (Wildman–Crippen MR) is 138 cm³/mol. The maximum Gasteiger partial charge on any atom is 0.227 e. The first kappa shape index (κ1) is 22.9. The first-order chi connectivity index (χ1) is 17.2. The fourth-order valence-corrected chi connectivity index (χ4v) is 6.63. The van der Waals surface area contributed by atoms with Gasteiger partial charge in [0.15, 0.2) is 0 Å². The molecule has 0 saturated carbocycles. The highest BCUT2D eigenvalue weighted by Crippen LogP contribution is 2.38. The number of hydrogen-bond donors (Lipinski definition) is 2. The number of sulfonamides is 1. The number of carbonyl (C=O) groups excluding carboxylic acids is 1. The van der Waals surface area contributed by atoms with Gasteiger partial charge in [-0.3, -0.25) is 4.79 Å². The van der Waals surface area contributed by atoms with Gasteiger partial charge in [-0.1, -0.05) is 0 Å². The van der Waals surface area contributed by atoms with E-state index < -0.39 is 10.0 Å². The number of pyridine rings is 1. The van der Waals surface area contributed by atoms with E-state index in [4.69, 9.17) is 0 Å². The number of anilines is 4. The van der Waals surface area contributed by atoms with Crippen LogP contribution in [0.2, 0.25) is 0 Å². The predicted octanol–water partition coefficient (Wildman–Crippen LogP) is 2.70. The number of hydrogen-bond acceptors (Lipinski definition) is 8. The molecule has 0 radical (unpaired) electrons. The van der Waals surface area contributed by atoms with E-state index in [2.05, 4.69) is 49.5 Å². The van der Waals surface area contributed by atoms with E-state index in [1.807, 2.05) is 18.2 Å². The van der Waals surface area contributed by atoms with Gasteiger partial charge in [-0.2, -0.15) is 4.31 Å². The molecule has 0 aliphatic carbocycles. The Morgan fingerprint density at radius 3 is 2.69 bits per heavy atom. The van der Waals surface area contributed by atoms with Crippen LogP contribution < -0.4 is 15.5 Å². The van der Waals surface area contributed by atoms with Crippen molar-refractivity contribution < 1.29 is 13.2 Å². The maximum atomic E-state index is 12.0. The Morgan fingerprint density at radius 1 is 1.08 bits per heavy atom. The fourth-order valence-electron chi connectivity index (χ4n) is 5.49. The van der Waals surface area contributed by atoms with E-state index >= 15 is 0 Å². The minimum Gasteiger partial charge on any atom is -0.365 e. The van der Waals surface area contributed by atoms with Gasteiger partial charge < -0.3 is 15.5 Å². The van der Waals surface area contributed by atoms with Crippen LogP contribution in [0.25, 0.3) is 11.3 Å². The molecule has 2 N–H and O–H groups in total. The minimum atomic E-state index is -3.16. The van der Waals surface area contributed by atoms with Crippen LogP contribution in [-0.4, -0.2) is 65.0 Å². The summed E-state index contributed by atoms with van der Waals surface area (Å²) in [6, 6.07) is 10.3. The molecule has 3 aliphatic rings. The fraction of sp³-hybridized carbons (Fsp3) is 0.360. The smallest absolute Gasteiger partial charge is 0.227 e. The number of benzene rings is 1. The van der Waals surface area contributed by atoms with Crippen molar-refractivity contribution in [3.8, 4) is 11.3 Å². The summed E-state index contributed by atoms with van der Waals surface area (Å²) in [5.41, 5.74) is 5.73. The zero-order valence-electron chi connectivity index (χ0n) is 20.1. The van der Waals surface area contributed by atoms with Crippen LogP contribution in [0, 0.1) is 6.92 Å². The molecule has 11 heteroatoms. The second-order valence-electron chi connectivity index (χ2n) is 9.70. The third-order valence-corrected chi connectivity index (χ3v) is 8.48. The van der Waals surface area contributed by atoms with Gasteiger partial charge in [0.2, 0.25) is 21.9 Å². The van der Waals surface area contributed by atoms with Crippen molar-refractivity contribution >= 4 is 39.1 Å². The zero-order chi connectivity index (χ0) is 25.0. The Balaban J connectivity index is 1.18. The second-order valence-corrected chi connectivity index (χ2v) is 11.6. The standard InChI is InChI=1S/C25H27N7O3S/c1-15-9-18(4-5-22(15)31-13-20-11-19(31)14-32(20)36(2,34)35)28-25-26-8-7-21(29-25)17-10-16-3-6-23(33)30-24(16)27-12-17/h4-5,7-10,12,19-20H,3,6,11,13-14H2,1-2H3,(H,26,28,29)(H,27,30,33). The monoisotopic (exact) mass is 505 g/mol. The summed E-state index contributed by atoms with van der Waals surface area (Å²) in [7, 11) is -3.16. The summed E-state index contributed by atoms with van der Waals surface area (Å²) in [5, 5.41) is 6.10. The van der Waals surface area contributed by atoms with Crippen LogP contribution in [0.15, 0.2) is 42.7 Å². The molecule has 5 heterocycles. The van der Waals surface area contributed by atoms with E-state index in [0.717, 1.165) is 46.7 Å². The number of nitrogens with one attached hydrogen (secondary N) is 2. The summed E-state index contributed by atoms with van der Waals surface area (Å²) in [5.74, 6) is 1.09. The number of rotatable bonds is 5. The zero-order valence-corrected chi connectivity index (χ0v) is 20.9. The Morgan fingerprint density at radius 2 is 1.94 bits per heavy atom. The molecule has 3 aliphatic heterocycles. The van der Waals surface area contributed by atoms with Crippen molar-refractivity contribution in [1.82, 2.24) is 19.3 Å². The number of nitrogens with zero attached hydrogens (tertiary/aromatic N) is 5. The molecule has 2 aromatic heterocycles. The number of carbonyl (C=O) groups is 1. The van der Waals surface area contributed by atoms with Gasteiger partial charge in [-0.05, 0) is 61.2 Å². The summed E-state index contributed by atoms with van der Waals surface area (Å²) in [4.78, 5) is 27.4. The molecule has 2 bridgehead atoms. The third-order valence-electron chi connectivity index (χ3n) is 7.18. The average molecular weight is 506 g/mol. The molecule has 186 valence electrons. The van der Waals surface area contributed by atoms with Crippen LogP contribution in [-0.2, 0) is 21.2 Å². The van der Waals surface area contributed by atoms with Gasteiger partial charge in [-0.15, -0.1) is 0 Å². The molecule has 1 amide bonds. The van der Waals surface area contributed by atoms with Crippen molar-refractivity contribution in [1.29, 1.82) is 0 Å². The number of aromatic nitrogens is 3. The molecule has 2 atom stereocenters. The van der Waals surface area contributed by atoms with Gasteiger partial charge in [0, 0.05) is 60.9 Å². The van der Waals surface area contributed by atoms with Crippen LogP contribution in [0.5, 0.6) is 0 Å². The summed E-state index contributed by atoms with van der Waals surface area (Å²) in [6.45, 7) is 3.33. The number of fused-ring (bicyclic) bond motifs is 3. The quantitative estimate of drug-likeness (QED) is 0.543. The van der Waals surface area contributed by atoms with Crippen LogP contribution in [0.1, 0.15) is 24.0 Å². The van der Waals surface area contributed by atoms with Crippen molar-refractivity contribution in [3.05, 3.63) is 53.9 Å². The van der Waals surface area contributed by atoms with Gasteiger partial charge in [-0.25, -0.2) is 23.4 Å². The van der Waals surface area contributed by atoms with E-state index in [1.165, 1.54) is 6.26 Å². The van der Waals surface area contributed by atoms with Crippen LogP contribution in [0.4, 0.5) is 23.1 Å². The number of aryl methyl sites for hydroxylation is 2. The van der Waals surface area contributed by atoms with Crippen molar-refractivity contribution in [2.75, 3.05) is 34.9 Å². The largest absolute Gasteiger partial charge is 0.365 e. The lowest BCUT2D eigenvalue weighted by Crippen LogP contribution is -2.48. The number of amides is 1. The SMILES string of the molecule is Cc1cc(Nc2nccc(-c3cnc4c(c3)CCC(=O)N4)n2)ccc1N1CC2CC1CN2S(C)(=O)=O.